The number of carbonyl (C=O) groups is 2. The van der Waals surface area contributed by atoms with Gasteiger partial charge in [0.2, 0.25) is 0 Å². The third-order valence-electron chi connectivity index (χ3n) is 5.81. The van der Waals surface area contributed by atoms with Gasteiger partial charge in [0.15, 0.2) is 0 Å². The zero-order valence-electron chi connectivity index (χ0n) is 18.8. The zero-order valence-corrected chi connectivity index (χ0v) is 18.8. The Kier molecular flexibility index (Phi) is 6.44. The molecule has 0 saturated carbocycles. The molecule has 0 spiro atoms. The van der Waals surface area contributed by atoms with Crippen molar-refractivity contribution < 1.29 is 18.7 Å². The number of ether oxygens (including phenoxy) is 1. The Morgan fingerprint density at radius 3 is 2.48 bits per heavy atom. The van der Waals surface area contributed by atoms with E-state index in [0.717, 1.165) is 17.4 Å². The van der Waals surface area contributed by atoms with Crippen molar-refractivity contribution >= 4 is 28.6 Å². The number of pyridine rings is 1. The van der Waals surface area contributed by atoms with E-state index in [9.17, 15) is 14.0 Å². The minimum atomic E-state index is -0.470. The lowest BCUT2D eigenvalue weighted by Gasteiger charge is -2.34. The first-order chi connectivity index (χ1) is 15.9. The number of halogens is 1. The fourth-order valence-electron chi connectivity index (χ4n) is 3.94. The molecule has 1 fully saturated rings. The van der Waals surface area contributed by atoms with E-state index >= 15 is 0 Å². The molecule has 2 N–H and O–H groups in total. The summed E-state index contributed by atoms with van der Waals surface area (Å²) in [5, 5.41) is 0.939. The topological polar surface area (TPSA) is 88.8 Å². The second-order valence-corrected chi connectivity index (χ2v) is 8.19. The van der Waals surface area contributed by atoms with Gasteiger partial charge in [-0.2, -0.15) is 0 Å². The van der Waals surface area contributed by atoms with Crippen LogP contribution in [-0.4, -0.2) is 59.6 Å². The summed E-state index contributed by atoms with van der Waals surface area (Å²) < 4.78 is 18.8. The highest BCUT2D eigenvalue weighted by molar-refractivity contribution is 5.99. The van der Waals surface area contributed by atoms with Crippen LogP contribution in [0.5, 0.6) is 0 Å². The van der Waals surface area contributed by atoms with Crippen LogP contribution < -0.4 is 5.73 Å². The van der Waals surface area contributed by atoms with E-state index in [0.29, 0.717) is 55.1 Å². The molecule has 0 atom stereocenters. The van der Waals surface area contributed by atoms with Crippen LogP contribution in [0.2, 0.25) is 0 Å². The second-order valence-electron chi connectivity index (χ2n) is 8.19. The number of benzene rings is 2. The number of amides is 2. The van der Waals surface area contributed by atoms with Gasteiger partial charge in [0.1, 0.15) is 5.82 Å². The SMILES string of the molecule is CCCOC(=O)N1CCN(C(=O)c2ccc3c(C)cc(-c4ccc(F)c(N)c4)nc3c2)CC1. The molecule has 2 aromatic carbocycles. The molecule has 0 radical (unpaired) electrons. The highest BCUT2D eigenvalue weighted by Crippen LogP contribution is 2.27. The molecular formula is C25H27FN4O3. The monoisotopic (exact) mass is 450 g/mol. The average Bonchev–Trinajstić information content (AvgIpc) is 2.83. The van der Waals surface area contributed by atoms with Gasteiger partial charge in [-0.15, -0.1) is 0 Å². The smallest absolute Gasteiger partial charge is 0.409 e. The van der Waals surface area contributed by atoms with Gasteiger partial charge in [-0.25, -0.2) is 14.2 Å². The maximum Gasteiger partial charge on any atom is 0.409 e. The normalized spacial score (nSPS) is 13.9. The van der Waals surface area contributed by atoms with Crippen LogP contribution in [0.25, 0.3) is 22.2 Å². The first-order valence-electron chi connectivity index (χ1n) is 11.0. The number of nitrogens with two attached hydrogens (primary N) is 1. The van der Waals surface area contributed by atoms with Crippen molar-refractivity contribution in [3.8, 4) is 11.3 Å². The Morgan fingerprint density at radius 2 is 1.79 bits per heavy atom. The van der Waals surface area contributed by atoms with Gasteiger partial charge in [-0.05, 0) is 55.3 Å². The number of aryl methyl sites for hydroxylation is 1. The Morgan fingerprint density at radius 1 is 1.06 bits per heavy atom. The summed E-state index contributed by atoms with van der Waals surface area (Å²) in [5.74, 6) is -0.572. The van der Waals surface area contributed by atoms with Gasteiger partial charge in [0.05, 0.1) is 23.5 Å². The molecule has 0 unspecified atom stereocenters. The number of hydrogen-bond acceptors (Lipinski definition) is 5. The average molecular weight is 451 g/mol. The molecule has 1 aliphatic heterocycles. The molecule has 7 nitrogen and oxygen atoms in total. The molecule has 2 amide bonds. The predicted octanol–water partition coefficient (Wildman–Crippen LogP) is 4.24. The molecular weight excluding hydrogens is 423 g/mol. The molecule has 1 aromatic heterocycles. The molecule has 2 heterocycles. The first kappa shape index (κ1) is 22.5. The van der Waals surface area contributed by atoms with E-state index in [1.54, 1.807) is 34.1 Å². The predicted molar refractivity (Wildman–Crippen MR) is 125 cm³/mol. The molecule has 1 saturated heterocycles. The van der Waals surface area contributed by atoms with Gasteiger partial charge in [0, 0.05) is 42.7 Å². The van der Waals surface area contributed by atoms with Crippen molar-refractivity contribution in [3.05, 3.63) is 59.4 Å². The fourth-order valence-corrected chi connectivity index (χ4v) is 3.94. The summed E-state index contributed by atoms with van der Waals surface area (Å²) in [7, 11) is 0. The molecule has 8 heteroatoms. The van der Waals surface area contributed by atoms with E-state index < -0.39 is 5.82 Å². The first-order valence-corrected chi connectivity index (χ1v) is 11.0. The summed E-state index contributed by atoms with van der Waals surface area (Å²) in [5.41, 5.74) is 9.37. The van der Waals surface area contributed by atoms with Crippen LogP contribution >= 0.6 is 0 Å². The van der Waals surface area contributed by atoms with Gasteiger partial charge in [-0.3, -0.25) is 4.79 Å². The van der Waals surface area contributed by atoms with Crippen molar-refractivity contribution in [2.45, 2.75) is 20.3 Å². The molecule has 33 heavy (non-hydrogen) atoms. The summed E-state index contributed by atoms with van der Waals surface area (Å²) in [4.78, 5) is 33.2. The summed E-state index contributed by atoms with van der Waals surface area (Å²) in [6, 6.07) is 11.9. The number of carbonyl (C=O) groups excluding carboxylic acids is 2. The minimum Gasteiger partial charge on any atom is -0.449 e. The summed E-state index contributed by atoms with van der Waals surface area (Å²) in [6.07, 6.45) is 0.443. The van der Waals surface area contributed by atoms with Crippen LogP contribution in [0, 0.1) is 12.7 Å². The highest BCUT2D eigenvalue weighted by atomic mass is 19.1. The number of rotatable bonds is 4. The lowest BCUT2D eigenvalue weighted by Crippen LogP contribution is -2.50. The van der Waals surface area contributed by atoms with Crippen molar-refractivity contribution in [1.29, 1.82) is 0 Å². The standard InChI is InChI=1S/C25H27FN4O3/c1-3-12-33-25(32)30-10-8-29(9-11-30)24(31)18-4-6-19-16(2)13-22(28-23(19)15-18)17-5-7-20(26)21(27)14-17/h4-7,13-15H,3,8-12,27H2,1-2H3. The number of hydrogen-bond donors (Lipinski definition) is 1. The van der Waals surface area contributed by atoms with Crippen LogP contribution in [-0.2, 0) is 4.74 Å². The Labute approximate surface area is 191 Å². The summed E-state index contributed by atoms with van der Waals surface area (Å²) in [6.45, 7) is 6.08. The fraction of sp³-hybridized carbons (Fsp3) is 0.320. The Hall–Kier alpha value is -3.68. The minimum absolute atomic E-state index is 0.0636. The maximum absolute atomic E-state index is 13.6. The molecule has 172 valence electrons. The van der Waals surface area contributed by atoms with Gasteiger partial charge < -0.3 is 20.3 Å². The molecule has 0 aliphatic carbocycles. The number of aromatic nitrogens is 1. The van der Waals surface area contributed by atoms with Crippen LogP contribution in [0.15, 0.2) is 42.5 Å². The van der Waals surface area contributed by atoms with Crippen LogP contribution in [0.3, 0.4) is 0 Å². The van der Waals surface area contributed by atoms with E-state index in [2.05, 4.69) is 0 Å². The van der Waals surface area contributed by atoms with Crippen molar-refractivity contribution in [2.75, 3.05) is 38.5 Å². The van der Waals surface area contributed by atoms with E-state index in [-0.39, 0.29) is 17.7 Å². The summed E-state index contributed by atoms with van der Waals surface area (Å²) >= 11 is 0. The van der Waals surface area contributed by atoms with Gasteiger partial charge in [0.25, 0.3) is 5.91 Å². The van der Waals surface area contributed by atoms with Crippen molar-refractivity contribution in [3.63, 3.8) is 0 Å². The van der Waals surface area contributed by atoms with Gasteiger partial charge in [-0.1, -0.05) is 13.0 Å². The van der Waals surface area contributed by atoms with Crippen LogP contribution in [0.4, 0.5) is 14.9 Å². The van der Waals surface area contributed by atoms with E-state index in [4.69, 9.17) is 15.5 Å². The zero-order chi connectivity index (χ0) is 23.5. The largest absolute Gasteiger partial charge is 0.449 e. The number of fused-ring (bicyclic) bond motifs is 1. The number of nitrogen functional groups attached to an aromatic ring is 1. The second kappa shape index (κ2) is 9.44. The maximum atomic E-state index is 13.6. The van der Waals surface area contributed by atoms with E-state index in [1.807, 2.05) is 26.0 Å². The lowest BCUT2D eigenvalue weighted by molar-refractivity contribution is 0.0560. The lowest BCUT2D eigenvalue weighted by atomic mass is 10.0. The number of nitrogens with zero attached hydrogens (tertiary/aromatic N) is 3. The van der Waals surface area contributed by atoms with Crippen molar-refractivity contribution in [1.82, 2.24) is 14.8 Å². The Bertz CT molecular complexity index is 1210. The quantitative estimate of drug-likeness (QED) is 0.601. The van der Waals surface area contributed by atoms with Crippen molar-refractivity contribution in [2.24, 2.45) is 0 Å². The van der Waals surface area contributed by atoms with E-state index in [1.165, 1.54) is 6.07 Å². The molecule has 1 aliphatic rings. The highest BCUT2D eigenvalue weighted by Gasteiger charge is 2.26. The number of piperazine rings is 1. The van der Waals surface area contributed by atoms with Gasteiger partial charge >= 0.3 is 6.09 Å². The number of anilines is 1. The Balaban J connectivity index is 1.54. The molecule has 4 rings (SSSR count). The molecule has 3 aromatic rings. The third-order valence-corrected chi connectivity index (χ3v) is 5.81. The third kappa shape index (κ3) is 4.74. The molecule has 0 bridgehead atoms. The van der Waals surface area contributed by atoms with Crippen LogP contribution in [0.1, 0.15) is 29.3 Å².